The molecule has 1 saturated heterocycles. The SMILES string of the molecule is CCOc1ccccc1Oc1c(C(F)(F)F)oc2c(CN3C[C@@H](C)O[C@H](C)C3)c(O)ccc2c1=O. The first kappa shape index (κ1) is 24.9. The van der Waals surface area contributed by atoms with Gasteiger partial charge >= 0.3 is 6.18 Å². The lowest BCUT2D eigenvalue weighted by molar-refractivity contribution is -0.154. The first-order chi connectivity index (χ1) is 16.6. The van der Waals surface area contributed by atoms with Gasteiger partial charge in [-0.3, -0.25) is 9.69 Å². The predicted octanol–water partition coefficient (Wildman–Crippen LogP) is 5.32. The van der Waals surface area contributed by atoms with E-state index in [1.807, 2.05) is 18.7 Å². The third kappa shape index (κ3) is 5.23. The summed E-state index contributed by atoms with van der Waals surface area (Å²) in [5.74, 6) is -2.72. The van der Waals surface area contributed by atoms with Crippen molar-refractivity contribution in [3.05, 3.63) is 57.9 Å². The Balaban J connectivity index is 1.85. The van der Waals surface area contributed by atoms with Crippen LogP contribution < -0.4 is 14.9 Å². The van der Waals surface area contributed by atoms with Crippen LogP contribution in [0.5, 0.6) is 23.0 Å². The van der Waals surface area contributed by atoms with Crippen LogP contribution in [0.2, 0.25) is 0 Å². The van der Waals surface area contributed by atoms with Crippen molar-refractivity contribution >= 4 is 11.0 Å². The Morgan fingerprint density at radius 1 is 1.09 bits per heavy atom. The summed E-state index contributed by atoms with van der Waals surface area (Å²) >= 11 is 0. The minimum absolute atomic E-state index is 0.0539. The summed E-state index contributed by atoms with van der Waals surface area (Å²) < 4.78 is 64.1. The maximum Gasteiger partial charge on any atom is 0.453 e. The minimum atomic E-state index is -5.03. The lowest BCUT2D eigenvalue weighted by Gasteiger charge is -2.35. The molecule has 0 spiro atoms. The Kier molecular flexibility index (Phi) is 6.95. The molecule has 0 aliphatic carbocycles. The van der Waals surface area contributed by atoms with Crippen molar-refractivity contribution in [3.8, 4) is 23.0 Å². The second-order valence-corrected chi connectivity index (χ2v) is 8.46. The van der Waals surface area contributed by atoms with Gasteiger partial charge in [-0.15, -0.1) is 0 Å². The van der Waals surface area contributed by atoms with E-state index in [-0.39, 0.29) is 59.1 Å². The van der Waals surface area contributed by atoms with Gasteiger partial charge in [-0.05, 0) is 45.0 Å². The normalized spacial score (nSPS) is 19.1. The van der Waals surface area contributed by atoms with E-state index in [9.17, 15) is 23.1 Å². The number of alkyl halides is 3. The highest BCUT2D eigenvalue weighted by Crippen LogP contribution is 2.41. The number of fused-ring (bicyclic) bond motifs is 1. The molecule has 2 atom stereocenters. The molecule has 10 heteroatoms. The molecule has 1 N–H and O–H groups in total. The molecule has 0 unspecified atom stereocenters. The zero-order valence-electron chi connectivity index (χ0n) is 19.5. The van der Waals surface area contributed by atoms with Gasteiger partial charge in [0.2, 0.25) is 11.2 Å². The highest BCUT2D eigenvalue weighted by atomic mass is 19.4. The number of halogens is 3. The van der Waals surface area contributed by atoms with Gasteiger partial charge in [0.25, 0.3) is 5.76 Å². The number of phenolic OH excluding ortho intramolecular Hbond substituents is 1. The summed E-state index contributed by atoms with van der Waals surface area (Å²) in [6, 6.07) is 8.61. The molecule has 2 aromatic carbocycles. The zero-order valence-corrected chi connectivity index (χ0v) is 19.5. The summed E-state index contributed by atoms with van der Waals surface area (Å²) in [5.41, 5.74) is -1.25. The summed E-state index contributed by atoms with van der Waals surface area (Å²) in [6.45, 7) is 6.83. The van der Waals surface area contributed by atoms with Crippen LogP contribution in [0.3, 0.4) is 0 Å². The Hall–Kier alpha value is -3.24. The molecular weight excluding hydrogens is 467 g/mol. The number of hydrogen-bond acceptors (Lipinski definition) is 7. The minimum Gasteiger partial charge on any atom is -0.507 e. The van der Waals surface area contributed by atoms with Gasteiger partial charge in [-0.1, -0.05) is 12.1 Å². The van der Waals surface area contributed by atoms with E-state index in [0.29, 0.717) is 13.1 Å². The van der Waals surface area contributed by atoms with Crippen LogP contribution in [0, 0.1) is 0 Å². The highest BCUT2D eigenvalue weighted by Gasteiger charge is 2.41. The molecule has 4 rings (SSSR count). The van der Waals surface area contributed by atoms with Gasteiger partial charge in [0.1, 0.15) is 11.3 Å². The van der Waals surface area contributed by atoms with Crippen molar-refractivity contribution in [2.24, 2.45) is 0 Å². The zero-order chi connectivity index (χ0) is 25.3. The Bertz CT molecular complexity index is 1260. The molecule has 0 saturated carbocycles. The molecule has 2 heterocycles. The second kappa shape index (κ2) is 9.79. The topological polar surface area (TPSA) is 81.4 Å². The number of aromatic hydroxyl groups is 1. The van der Waals surface area contributed by atoms with Crippen LogP contribution >= 0.6 is 0 Å². The molecule has 188 valence electrons. The van der Waals surface area contributed by atoms with Gasteiger partial charge in [0, 0.05) is 19.6 Å². The first-order valence-corrected chi connectivity index (χ1v) is 11.2. The lowest BCUT2D eigenvalue weighted by atomic mass is 10.1. The number of hydrogen-bond donors (Lipinski definition) is 1. The van der Waals surface area contributed by atoms with Crippen molar-refractivity contribution in [1.82, 2.24) is 4.90 Å². The van der Waals surface area contributed by atoms with Gasteiger partial charge < -0.3 is 23.7 Å². The average Bonchev–Trinajstić information content (AvgIpc) is 2.77. The van der Waals surface area contributed by atoms with E-state index in [4.69, 9.17) is 18.6 Å². The largest absolute Gasteiger partial charge is 0.507 e. The average molecular weight is 493 g/mol. The molecule has 3 aromatic rings. The summed E-state index contributed by atoms with van der Waals surface area (Å²) in [6.07, 6.45) is -5.23. The van der Waals surface area contributed by atoms with Gasteiger partial charge in [0.05, 0.1) is 29.8 Å². The van der Waals surface area contributed by atoms with Gasteiger partial charge in [-0.25, -0.2) is 0 Å². The number of phenols is 1. The Morgan fingerprint density at radius 2 is 1.74 bits per heavy atom. The van der Waals surface area contributed by atoms with E-state index < -0.39 is 23.1 Å². The molecule has 35 heavy (non-hydrogen) atoms. The standard InChI is InChI=1S/C25H26F3NO6/c1-4-32-19-7-5-6-8-20(19)34-23-21(31)16-9-10-18(30)17(22(16)35-24(23)25(26,27)28)13-29-11-14(2)33-15(3)12-29/h5-10,14-15,30H,4,11-13H2,1-3H3/t14-,15-/m1/s1. The van der Waals surface area contributed by atoms with Crippen LogP contribution in [-0.4, -0.2) is 41.9 Å². The van der Waals surface area contributed by atoms with Crippen LogP contribution in [0.25, 0.3) is 11.0 Å². The van der Waals surface area contributed by atoms with Crippen LogP contribution in [0.15, 0.2) is 45.6 Å². The summed E-state index contributed by atoms with van der Waals surface area (Å²) in [4.78, 5) is 15.2. The van der Waals surface area contributed by atoms with Crippen molar-refractivity contribution in [3.63, 3.8) is 0 Å². The smallest absolute Gasteiger partial charge is 0.453 e. The number of ether oxygens (including phenoxy) is 3. The molecule has 0 radical (unpaired) electrons. The molecule has 0 bridgehead atoms. The summed E-state index contributed by atoms with van der Waals surface area (Å²) in [5, 5.41) is 10.4. The fraction of sp³-hybridized carbons (Fsp3) is 0.400. The maximum atomic E-state index is 14.1. The van der Waals surface area contributed by atoms with Crippen molar-refractivity contribution < 1.29 is 36.9 Å². The third-order valence-corrected chi connectivity index (χ3v) is 5.59. The third-order valence-electron chi connectivity index (χ3n) is 5.59. The Morgan fingerprint density at radius 3 is 2.37 bits per heavy atom. The van der Waals surface area contributed by atoms with Crippen molar-refractivity contribution in [2.45, 2.75) is 45.7 Å². The van der Waals surface area contributed by atoms with Crippen LogP contribution in [-0.2, 0) is 17.5 Å². The lowest BCUT2D eigenvalue weighted by Crippen LogP contribution is -2.44. The monoisotopic (exact) mass is 493 g/mol. The number of benzene rings is 2. The summed E-state index contributed by atoms with van der Waals surface area (Å²) in [7, 11) is 0. The molecule has 1 aliphatic rings. The second-order valence-electron chi connectivity index (χ2n) is 8.46. The maximum absolute atomic E-state index is 14.1. The van der Waals surface area contributed by atoms with Crippen molar-refractivity contribution in [1.29, 1.82) is 0 Å². The molecule has 0 amide bonds. The fourth-order valence-electron chi connectivity index (χ4n) is 4.28. The van der Waals surface area contributed by atoms with E-state index in [1.54, 1.807) is 19.1 Å². The van der Waals surface area contributed by atoms with E-state index >= 15 is 0 Å². The van der Waals surface area contributed by atoms with Gasteiger partial charge in [0.15, 0.2) is 11.5 Å². The number of nitrogens with zero attached hydrogens (tertiary/aromatic N) is 1. The van der Waals surface area contributed by atoms with Gasteiger partial charge in [-0.2, -0.15) is 13.2 Å². The molecule has 1 fully saturated rings. The number of para-hydroxylation sites is 2. The quantitative estimate of drug-likeness (QED) is 0.498. The number of morpholine rings is 1. The van der Waals surface area contributed by atoms with E-state index in [0.717, 1.165) is 0 Å². The molecule has 1 aliphatic heterocycles. The van der Waals surface area contributed by atoms with Crippen LogP contribution in [0.1, 0.15) is 32.1 Å². The van der Waals surface area contributed by atoms with E-state index in [2.05, 4.69) is 0 Å². The first-order valence-electron chi connectivity index (χ1n) is 11.2. The molecule has 1 aromatic heterocycles. The predicted molar refractivity (Wildman–Crippen MR) is 122 cm³/mol. The molecule has 7 nitrogen and oxygen atoms in total. The Labute approximate surface area is 199 Å². The molecular formula is C25H26F3NO6. The van der Waals surface area contributed by atoms with Crippen molar-refractivity contribution in [2.75, 3.05) is 19.7 Å². The highest BCUT2D eigenvalue weighted by molar-refractivity contribution is 5.83. The fourth-order valence-corrected chi connectivity index (χ4v) is 4.28. The van der Waals surface area contributed by atoms with Crippen LogP contribution in [0.4, 0.5) is 13.2 Å². The number of rotatable bonds is 6. The van der Waals surface area contributed by atoms with E-state index in [1.165, 1.54) is 24.3 Å².